The summed E-state index contributed by atoms with van der Waals surface area (Å²) in [4.78, 5) is 0. The number of rotatable bonds is 2. The molecule has 0 amide bonds. The lowest BCUT2D eigenvalue weighted by molar-refractivity contribution is 0.133. The molecule has 0 aromatic carbocycles. The van der Waals surface area contributed by atoms with E-state index in [1.54, 1.807) is 4.31 Å². The van der Waals surface area contributed by atoms with Gasteiger partial charge in [-0.2, -0.15) is 4.31 Å². The second kappa shape index (κ2) is 3.69. The molecule has 1 aliphatic carbocycles. The third-order valence-corrected chi connectivity index (χ3v) is 7.02. The van der Waals surface area contributed by atoms with Crippen LogP contribution < -0.4 is 0 Å². The van der Waals surface area contributed by atoms with Gasteiger partial charge in [-0.15, -0.1) is 0 Å². The van der Waals surface area contributed by atoms with Gasteiger partial charge >= 0.3 is 0 Å². The molecule has 0 spiro atoms. The fourth-order valence-electron chi connectivity index (χ4n) is 3.80. The number of hydrogen-bond acceptors (Lipinski definition) is 2. The Morgan fingerprint density at radius 1 is 1.31 bits per heavy atom. The van der Waals surface area contributed by atoms with Crippen molar-refractivity contribution in [3.8, 4) is 0 Å². The van der Waals surface area contributed by atoms with Gasteiger partial charge in [0.15, 0.2) is 0 Å². The summed E-state index contributed by atoms with van der Waals surface area (Å²) >= 11 is 3.09. The third kappa shape index (κ3) is 2.18. The molecule has 0 N–H and O–H groups in total. The zero-order chi connectivity index (χ0) is 12.2. The first-order valence-electron chi connectivity index (χ1n) is 5.73. The van der Waals surface area contributed by atoms with Gasteiger partial charge in [0, 0.05) is 12.6 Å². The molecule has 2 rings (SSSR count). The Balaban J connectivity index is 2.30. The first-order chi connectivity index (χ1) is 7.18. The molecule has 1 heterocycles. The summed E-state index contributed by atoms with van der Waals surface area (Å²) in [5, 5.41) is 0. The van der Waals surface area contributed by atoms with Crippen molar-refractivity contribution in [1.82, 2.24) is 4.31 Å². The van der Waals surface area contributed by atoms with Gasteiger partial charge in [-0.05, 0) is 30.1 Å². The minimum atomic E-state index is -3.09. The molecule has 1 aliphatic heterocycles. The highest BCUT2D eigenvalue weighted by molar-refractivity contribution is 9.10. The van der Waals surface area contributed by atoms with Crippen molar-refractivity contribution in [3.05, 3.63) is 0 Å². The number of nitrogens with zero attached hydrogens (tertiary/aromatic N) is 1. The number of halogens is 1. The summed E-state index contributed by atoms with van der Waals surface area (Å²) in [6, 6.07) is 0.219. The van der Waals surface area contributed by atoms with Crippen molar-refractivity contribution in [2.75, 3.05) is 11.2 Å². The Morgan fingerprint density at radius 2 is 1.94 bits per heavy atom. The molecule has 2 aliphatic rings. The second-order valence-corrected chi connectivity index (χ2v) is 9.70. The van der Waals surface area contributed by atoms with Crippen molar-refractivity contribution < 1.29 is 8.42 Å². The van der Waals surface area contributed by atoms with Crippen LogP contribution in [-0.4, -0.2) is 30.0 Å². The van der Waals surface area contributed by atoms with Gasteiger partial charge in [-0.25, -0.2) is 8.42 Å². The van der Waals surface area contributed by atoms with E-state index in [2.05, 4.69) is 36.7 Å². The van der Waals surface area contributed by atoms with Gasteiger partial charge in [-0.1, -0.05) is 36.7 Å². The minimum absolute atomic E-state index is 0.0486. The number of fused-ring (bicyclic) bond motifs is 2. The van der Waals surface area contributed by atoms with E-state index in [-0.39, 0.29) is 21.5 Å². The van der Waals surface area contributed by atoms with Crippen molar-refractivity contribution in [2.24, 2.45) is 10.8 Å². The molecule has 2 unspecified atom stereocenters. The van der Waals surface area contributed by atoms with Crippen molar-refractivity contribution >= 4 is 26.0 Å². The van der Waals surface area contributed by atoms with Crippen LogP contribution in [0.5, 0.6) is 0 Å². The lowest BCUT2D eigenvalue weighted by Gasteiger charge is -2.39. The van der Waals surface area contributed by atoms with Gasteiger partial charge in [0.05, 0.1) is 0 Å². The van der Waals surface area contributed by atoms with Crippen molar-refractivity contribution in [1.29, 1.82) is 0 Å². The summed E-state index contributed by atoms with van der Waals surface area (Å²) in [7, 11) is -3.09. The Kier molecular flexibility index (Phi) is 2.96. The highest BCUT2D eigenvalue weighted by Crippen LogP contribution is 2.53. The van der Waals surface area contributed by atoms with E-state index in [1.807, 2.05) is 0 Å². The van der Waals surface area contributed by atoms with Crippen LogP contribution in [0.2, 0.25) is 0 Å². The summed E-state index contributed by atoms with van der Waals surface area (Å²) in [5.41, 5.74) is 0.454. The van der Waals surface area contributed by atoms with Gasteiger partial charge in [0.25, 0.3) is 0 Å². The maximum absolute atomic E-state index is 12.0. The lowest BCUT2D eigenvalue weighted by atomic mass is 9.65. The van der Waals surface area contributed by atoms with E-state index in [0.29, 0.717) is 6.54 Å². The third-order valence-electron chi connectivity index (χ3n) is 3.86. The second-order valence-electron chi connectivity index (χ2n) is 6.48. The molecule has 2 bridgehead atoms. The van der Waals surface area contributed by atoms with Crippen LogP contribution in [0.4, 0.5) is 0 Å². The molecular weight excluding hydrogens is 290 g/mol. The van der Waals surface area contributed by atoms with E-state index in [4.69, 9.17) is 0 Å². The van der Waals surface area contributed by atoms with Crippen molar-refractivity contribution in [2.45, 2.75) is 46.1 Å². The van der Waals surface area contributed by atoms with Crippen LogP contribution in [0.3, 0.4) is 0 Å². The van der Waals surface area contributed by atoms with E-state index in [1.165, 1.54) is 0 Å². The Bertz CT molecular complexity index is 393. The Labute approximate surface area is 107 Å². The van der Waals surface area contributed by atoms with E-state index >= 15 is 0 Å². The van der Waals surface area contributed by atoms with Crippen LogP contribution in [0.15, 0.2) is 0 Å². The zero-order valence-corrected chi connectivity index (χ0v) is 12.6. The van der Waals surface area contributed by atoms with Gasteiger partial charge in [0.2, 0.25) is 10.0 Å². The topological polar surface area (TPSA) is 37.4 Å². The van der Waals surface area contributed by atoms with E-state index in [9.17, 15) is 8.42 Å². The van der Waals surface area contributed by atoms with Crippen LogP contribution >= 0.6 is 15.9 Å². The maximum Gasteiger partial charge on any atom is 0.224 e. The fraction of sp³-hybridized carbons (Fsp3) is 1.00. The molecular formula is C11H20BrNO2S. The molecule has 3 nitrogen and oxygen atoms in total. The standard InChI is InChI=1S/C11H20BrNO2S/c1-10(2)4-9-5-11(3,6-10)7-13(9)16(14,15)8-12/h9H,4-8H2,1-3H3. The summed E-state index contributed by atoms with van der Waals surface area (Å²) in [6.07, 6.45) is 3.16. The smallest absolute Gasteiger partial charge is 0.211 e. The Hall–Kier alpha value is 0.390. The fourth-order valence-corrected chi connectivity index (χ4v) is 5.82. The highest BCUT2D eigenvalue weighted by Gasteiger charge is 2.52. The average molecular weight is 310 g/mol. The summed E-state index contributed by atoms with van der Waals surface area (Å²) in [5.74, 6) is 0. The molecule has 16 heavy (non-hydrogen) atoms. The summed E-state index contributed by atoms with van der Waals surface area (Å²) < 4.78 is 25.7. The van der Waals surface area contributed by atoms with Gasteiger partial charge in [-0.3, -0.25) is 0 Å². The van der Waals surface area contributed by atoms with E-state index in [0.717, 1.165) is 19.3 Å². The molecule has 1 saturated heterocycles. The number of alkyl halides is 1. The molecule has 0 aromatic heterocycles. The first-order valence-corrected chi connectivity index (χ1v) is 8.46. The maximum atomic E-state index is 12.0. The molecule has 2 atom stereocenters. The van der Waals surface area contributed by atoms with Crippen LogP contribution in [0, 0.1) is 10.8 Å². The number of hydrogen-bond donors (Lipinski definition) is 0. The molecule has 0 radical (unpaired) electrons. The minimum Gasteiger partial charge on any atom is -0.211 e. The summed E-state index contributed by atoms with van der Waals surface area (Å²) in [6.45, 7) is 7.43. The van der Waals surface area contributed by atoms with Crippen LogP contribution in [0.1, 0.15) is 40.0 Å². The largest absolute Gasteiger partial charge is 0.224 e. The zero-order valence-electron chi connectivity index (χ0n) is 10.2. The predicted molar refractivity (Wildman–Crippen MR) is 68.9 cm³/mol. The predicted octanol–water partition coefficient (Wildman–Crippen LogP) is 2.57. The highest BCUT2D eigenvalue weighted by atomic mass is 79.9. The van der Waals surface area contributed by atoms with E-state index < -0.39 is 10.0 Å². The first kappa shape index (κ1) is 12.8. The quantitative estimate of drug-likeness (QED) is 0.735. The molecule has 0 aromatic rings. The average Bonchev–Trinajstić information content (AvgIpc) is 2.35. The SMILES string of the molecule is CC1(C)CC2CC(C)(CN2S(=O)(=O)CBr)C1. The van der Waals surface area contributed by atoms with Crippen molar-refractivity contribution in [3.63, 3.8) is 0 Å². The Morgan fingerprint density at radius 3 is 2.50 bits per heavy atom. The number of sulfonamides is 1. The monoisotopic (exact) mass is 309 g/mol. The van der Waals surface area contributed by atoms with Gasteiger partial charge < -0.3 is 0 Å². The normalized spacial score (nSPS) is 38.9. The molecule has 94 valence electrons. The van der Waals surface area contributed by atoms with Crippen LogP contribution in [0.25, 0.3) is 0 Å². The van der Waals surface area contributed by atoms with Crippen LogP contribution in [-0.2, 0) is 10.0 Å². The molecule has 2 fully saturated rings. The molecule has 5 heteroatoms. The molecule has 1 saturated carbocycles. The lowest BCUT2D eigenvalue weighted by Crippen LogP contribution is -2.38. The van der Waals surface area contributed by atoms with Gasteiger partial charge in [0.1, 0.15) is 4.66 Å².